The SMILES string of the molecule is Cl.[C+]1=CNN=N1.[I-]. The Balaban J connectivity index is 0. The molecule has 1 rings (SSSR count). The van der Waals surface area contributed by atoms with Gasteiger partial charge in [-0.2, -0.15) is 0 Å². The fraction of sp³-hybridized carbons (Fsp3) is 0. The van der Waals surface area contributed by atoms with Gasteiger partial charge in [0.05, 0.1) is 0 Å². The highest BCUT2D eigenvalue weighted by Crippen LogP contribution is 1.77. The Bertz CT molecular complexity index is 71.0. The highest BCUT2D eigenvalue weighted by molar-refractivity contribution is 5.85. The molecule has 1 aliphatic heterocycles. The van der Waals surface area contributed by atoms with E-state index in [-0.39, 0.29) is 36.4 Å². The van der Waals surface area contributed by atoms with Gasteiger partial charge in [-0.3, -0.25) is 0 Å². The van der Waals surface area contributed by atoms with E-state index >= 15 is 0 Å². The van der Waals surface area contributed by atoms with Gasteiger partial charge in [-0.15, -0.1) is 12.4 Å². The summed E-state index contributed by atoms with van der Waals surface area (Å²) in [4.78, 5) is 0. The van der Waals surface area contributed by atoms with Gasteiger partial charge < -0.3 is 24.0 Å². The van der Waals surface area contributed by atoms with Crippen molar-refractivity contribution in [1.82, 2.24) is 5.43 Å². The summed E-state index contributed by atoms with van der Waals surface area (Å²) in [6, 6.07) is 0. The van der Waals surface area contributed by atoms with E-state index in [1.807, 2.05) is 0 Å². The fourth-order valence-corrected chi connectivity index (χ4v) is 0.144. The third kappa shape index (κ3) is 3.91. The Kier molecular flexibility index (Phi) is 8.79. The molecule has 0 amide bonds. The van der Waals surface area contributed by atoms with E-state index in [1.54, 1.807) is 0 Å². The van der Waals surface area contributed by atoms with Crippen LogP contribution in [0.1, 0.15) is 0 Å². The lowest BCUT2D eigenvalue weighted by Gasteiger charge is -1.56. The number of nitrogens with zero attached hydrogens (tertiary/aromatic N) is 2. The van der Waals surface area contributed by atoms with Crippen molar-refractivity contribution in [1.29, 1.82) is 0 Å². The van der Waals surface area contributed by atoms with Crippen LogP contribution in [0.3, 0.4) is 0 Å². The van der Waals surface area contributed by atoms with Crippen LogP contribution in [-0.2, 0) is 0 Å². The molecule has 0 aromatic rings. The minimum Gasteiger partial charge on any atom is -1.00 e. The molecule has 0 atom stereocenters. The van der Waals surface area contributed by atoms with Crippen LogP contribution in [-0.4, -0.2) is 0 Å². The van der Waals surface area contributed by atoms with E-state index in [0.29, 0.717) is 0 Å². The minimum atomic E-state index is 0. The van der Waals surface area contributed by atoms with Crippen molar-refractivity contribution in [3.63, 3.8) is 0 Å². The monoisotopic (exact) mass is 231 g/mol. The zero-order valence-corrected chi connectivity index (χ0v) is 6.23. The molecule has 0 saturated heterocycles. The first-order chi connectivity index (χ1) is 2.50. The standard InChI is InChI=1S/C2H2N3.ClH.HI/c1-2-4-5-3-1;;/h1H,(H,3,4,5);2*1H/q+1;;/p-1. The first-order valence-corrected chi connectivity index (χ1v) is 1.22. The van der Waals surface area contributed by atoms with Crippen LogP contribution in [0, 0.1) is 6.20 Å². The number of halogens is 2. The molecule has 0 radical (unpaired) electrons. The Morgan fingerprint density at radius 2 is 2.29 bits per heavy atom. The molecule has 0 unspecified atom stereocenters. The van der Waals surface area contributed by atoms with E-state index in [4.69, 9.17) is 0 Å². The van der Waals surface area contributed by atoms with Crippen molar-refractivity contribution >= 4 is 12.4 Å². The zero-order chi connectivity index (χ0) is 3.54. The van der Waals surface area contributed by atoms with Crippen LogP contribution in [0.2, 0.25) is 0 Å². The Morgan fingerprint density at radius 3 is 2.43 bits per heavy atom. The molecule has 0 aromatic carbocycles. The highest BCUT2D eigenvalue weighted by atomic mass is 127. The van der Waals surface area contributed by atoms with Crippen molar-refractivity contribution in [2.24, 2.45) is 10.3 Å². The molecule has 1 N–H and O–H groups in total. The maximum Gasteiger partial charge on any atom is 0.445 e. The Hall–Kier alpha value is 0.0700. The quantitative estimate of drug-likeness (QED) is 0.368. The topological polar surface area (TPSA) is 36.8 Å². The zero-order valence-electron chi connectivity index (χ0n) is 3.26. The molecular weight excluding hydrogens is 228 g/mol. The summed E-state index contributed by atoms with van der Waals surface area (Å²) < 4.78 is 0. The van der Waals surface area contributed by atoms with Crippen molar-refractivity contribution in [2.45, 2.75) is 0 Å². The van der Waals surface area contributed by atoms with E-state index in [9.17, 15) is 0 Å². The van der Waals surface area contributed by atoms with Gasteiger partial charge in [0.15, 0.2) is 0 Å². The molecule has 1 heterocycles. The summed E-state index contributed by atoms with van der Waals surface area (Å²) in [5.41, 5.74) is 2.44. The summed E-state index contributed by atoms with van der Waals surface area (Å²) in [5, 5.41) is 6.58. The molecule has 3 nitrogen and oxygen atoms in total. The smallest absolute Gasteiger partial charge is 0.445 e. The number of hydrogen-bond acceptors (Lipinski definition) is 3. The van der Waals surface area contributed by atoms with Crippen molar-refractivity contribution in [3.8, 4) is 0 Å². The number of hydrogen-bond donors (Lipinski definition) is 1. The molecule has 0 saturated carbocycles. The van der Waals surface area contributed by atoms with Crippen LogP contribution >= 0.6 is 12.4 Å². The van der Waals surface area contributed by atoms with E-state index in [0.717, 1.165) is 0 Å². The molecule has 7 heavy (non-hydrogen) atoms. The molecule has 0 spiro atoms. The van der Waals surface area contributed by atoms with E-state index in [2.05, 4.69) is 22.0 Å². The second-order valence-corrected chi connectivity index (χ2v) is 0.603. The molecule has 5 heteroatoms. The third-order valence-corrected chi connectivity index (χ3v) is 0.295. The summed E-state index contributed by atoms with van der Waals surface area (Å²) in [7, 11) is 0. The second-order valence-electron chi connectivity index (χ2n) is 0.603. The molecular formula is C2H3ClIN3. The summed E-state index contributed by atoms with van der Waals surface area (Å²) in [5.74, 6) is 0. The fourth-order valence-electron chi connectivity index (χ4n) is 0.144. The minimum absolute atomic E-state index is 0. The van der Waals surface area contributed by atoms with Crippen LogP contribution in [0.25, 0.3) is 0 Å². The molecule has 0 aliphatic carbocycles. The number of rotatable bonds is 0. The average molecular weight is 231 g/mol. The van der Waals surface area contributed by atoms with E-state index < -0.39 is 0 Å². The maximum atomic E-state index is 3.29. The molecule has 1 aliphatic rings. The summed E-state index contributed by atoms with van der Waals surface area (Å²) in [6.45, 7) is 0. The van der Waals surface area contributed by atoms with Gasteiger partial charge in [-0.1, -0.05) is 0 Å². The molecule has 40 valence electrons. The first-order valence-electron chi connectivity index (χ1n) is 1.22. The van der Waals surface area contributed by atoms with Gasteiger partial charge in [0, 0.05) is 0 Å². The van der Waals surface area contributed by atoms with Gasteiger partial charge in [-0.25, -0.2) is 5.43 Å². The van der Waals surface area contributed by atoms with Crippen molar-refractivity contribution in [3.05, 3.63) is 12.4 Å². The van der Waals surface area contributed by atoms with Gasteiger partial charge >= 0.3 is 6.20 Å². The lowest BCUT2D eigenvalue weighted by molar-refractivity contribution is -0.00000130. The van der Waals surface area contributed by atoms with Crippen molar-refractivity contribution in [2.75, 3.05) is 0 Å². The summed E-state index contributed by atoms with van der Waals surface area (Å²) in [6.07, 6.45) is 3.97. The first kappa shape index (κ1) is 10.1. The Labute approximate surface area is 64.7 Å². The third-order valence-electron chi connectivity index (χ3n) is 0.295. The van der Waals surface area contributed by atoms with Gasteiger partial charge in [0.2, 0.25) is 0 Å². The molecule has 0 aromatic heterocycles. The molecule has 0 bridgehead atoms. The highest BCUT2D eigenvalue weighted by Gasteiger charge is 1.92. The van der Waals surface area contributed by atoms with Crippen LogP contribution in [0.15, 0.2) is 16.5 Å². The lowest BCUT2D eigenvalue weighted by Crippen LogP contribution is -3.00. The van der Waals surface area contributed by atoms with Crippen molar-refractivity contribution < 1.29 is 24.0 Å². The van der Waals surface area contributed by atoms with Gasteiger partial charge in [0.25, 0.3) is 6.20 Å². The second kappa shape index (κ2) is 6.07. The van der Waals surface area contributed by atoms with Gasteiger partial charge in [-0.05, 0) is 5.22 Å². The predicted molar refractivity (Wildman–Crippen MR) is 23.1 cm³/mol. The summed E-state index contributed by atoms with van der Waals surface area (Å²) >= 11 is 0. The average Bonchev–Trinajstić information content (AvgIpc) is 1.76. The lowest BCUT2D eigenvalue weighted by atomic mass is 11.0. The number of nitrogens with one attached hydrogen (secondary N) is 1. The predicted octanol–water partition coefficient (Wildman–Crippen LogP) is -2.34. The van der Waals surface area contributed by atoms with Crippen LogP contribution < -0.4 is 29.4 Å². The molecule has 0 fully saturated rings. The van der Waals surface area contributed by atoms with Gasteiger partial charge in [0.1, 0.15) is 5.11 Å². The maximum absolute atomic E-state index is 3.29. The van der Waals surface area contributed by atoms with Crippen LogP contribution in [0.4, 0.5) is 0 Å². The largest absolute Gasteiger partial charge is 1.00 e. The Morgan fingerprint density at radius 1 is 1.57 bits per heavy atom. The van der Waals surface area contributed by atoms with E-state index in [1.165, 1.54) is 6.20 Å². The van der Waals surface area contributed by atoms with Crippen LogP contribution in [0.5, 0.6) is 0 Å². The normalized spacial score (nSPS) is 10.3.